The summed E-state index contributed by atoms with van der Waals surface area (Å²) in [5, 5.41) is 8.67. The molecule has 0 spiro atoms. The normalized spacial score (nSPS) is 17.4. The van der Waals surface area contributed by atoms with Crippen molar-refractivity contribution in [2.75, 3.05) is 23.0 Å². The molecular weight excluding hydrogens is 624 g/mol. The van der Waals surface area contributed by atoms with Gasteiger partial charge in [0, 0.05) is 35.7 Å². The van der Waals surface area contributed by atoms with Crippen LogP contribution < -0.4 is 20.4 Å². The Morgan fingerprint density at radius 3 is 2.58 bits per heavy atom. The van der Waals surface area contributed by atoms with Gasteiger partial charge in [-0.3, -0.25) is 9.74 Å². The molecule has 0 radical (unpaired) electrons. The van der Waals surface area contributed by atoms with Crippen LogP contribution in [0.25, 0.3) is 17.1 Å². The number of thioether (sulfide) groups is 1. The summed E-state index contributed by atoms with van der Waals surface area (Å²) in [6, 6.07) is 19.3. The molecule has 3 aromatic carbocycles. The lowest BCUT2D eigenvalue weighted by atomic mass is 9.93. The average Bonchev–Trinajstić information content (AvgIpc) is 3.67. The number of aliphatic imine (C=N–C) groups is 1. The van der Waals surface area contributed by atoms with E-state index in [0.29, 0.717) is 17.4 Å². The highest BCUT2D eigenvalue weighted by atomic mass is 32.2. The highest BCUT2D eigenvalue weighted by Crippen LogP contribution is 2.43. The largest absolute Gasteiger partial charge is 0.573 e. The van der Waals surface area contributed by atoms with Crippen LogP contribution in [0.15, 0.2) is 89.8 Å². The molecule has 2 N–H and O–H groups in total. The lowest BCUT2D eigenvalue weighted by Gasteiger charge is -2.30. The molecular formula is C31H28F3N7O2S2. The van der Waals surface area contributed by atoms with Gasteiger partial charge >= 0.3 is 6.36 Å². The number of hydrogen-bond donors (Lipinski definition) is 2. The van der Waals surface area contributed by atoms with Crippen molar-refractivity contribution < 1.29 is 22.7 Å². The molecule has 4 aromatic rings. The number of thiocarbonyl (C=S) groups is 1. The summed E-state index contributed by atoms with van der Waals surface area (Å²) in [6.45, 7) is 4.09. The first-order valence-corrected chi connectivity index (χ1v) is 15.3. The third-order valence-electron chi connectivity index (χ3n) is 7.31. The van der Waals surface area contributed by atoms with Gasteiger partial charge in [-0.15, -0.1) is 18.3 Å². The predicted octanol–water partition coefficient (Wildman–Crippen LogP) is 7.35. The van der Waals surface area contributed by atoms with Crippen molar-refractivity contribution in [3.05, 3.63) is 96.0 Å². The molecule has 0 amide bonds. The minimum absolute atomic E-state index is 0.222. The minimum Gasteiger partial charge on any atom is -0.406 e. The number of aromatic nitrogens is 3. The fourth-order valence-corrected chi connectivity index (χ4v) is 6.24. The number of amidine groups is 1. The summed E-state index contributed by atoms with van der Waals surface area (Å²) in [5.74, 6) is 1.27. The zero-order chi connectivity index (χ0) is 31.7. The number of alkyl halides is 3. The van der Waals surface area contributed by atoms with E-state index in [2.05, 4.69) is 66.7 Å². The lowest BCUT2D eigenvalue weighted by Crippen LogP contribution is -2.29. The van der Waals surface area contributed by atoms with Crippen LogP contribution in [0.4, 0.5) is 24.5 Å². The average molecular weight is 652 g/mol. The monoisotopic (exact) mass is 651 g/mol. The van der Waals surface area contributed by atoms with Crippen molar-refractivity contribution in [3.63, 3.8) is 0 Å². The summed E-state index contributed by atoms with van der Waals surface area (Å²) in [4.78, 5) is 17.0. The summed E-state index contributed by atoms with van der Waals surface area (Å²) < 4.78 is 42.7. The molecule has 2 unspecified atom stereocenters. The smallest absolute Gasteiger partial charge is 0.406 e. The zero-order valence-corrected chi connectivity index (χ0v) is 26.0. The fourth-order valence-electron chi connectivity index (χ4n) is 5.05. The van der Waals surface area contributed by atoms with Crippen molar-refractivity contribution in [1.82, 2.24) is 20.2 Å². The van der Waals surface area contributed by atoms with Crippen LogP contribution in [0.3, 0.4) is 0 Å². The molecule has 0 bridgehead atoms. The molecule has 1 aromatic heterocycles. The second-order valence-electron chi connectivity index (χ2n) is 10.3. The number of allylic oxidation sites excluding steroid dienone is 1. The van der Waals surface area contributed by atoms with Gasteiger partial charge in [0.2, 0.25) is 5.11 Å². The van der Waals surface area contributed by atoms with Crippen molar-refractivity contribution in [2.45, 2.75) is 32.2 Å². The van der Waals surface area contributed by atoms with E-state index in [0.717, 1.165) is 33.4 Å². The van der Waals surface area contributed by atoms with Crippen LogP contribution in [0.5, 0.6) is 5.75 Å². The van der Waals surface area contributed by atoms with Crippen molar-refractivity contribution in [1.29, 1.82) is 0 Å². The molecule has 0 aliphatic carbocycles. The molecule has 1 saturated heterocycles. The SMILES string of the molecule is CNc1ccc2c(c1)N1C(=CC2C)CSC1=NC(=S)NOC(C)c1ccc(-c2ncn(-c3ccc(OC(F)(F)F)cc3)n2)cc1. The van der Waals surface area contributed by atoms with Crippen molar-refractivity contribution in [2.24, 2.45) is 4.99 Å². The molecule has 6 rings (SSSR count). The lowest BCUT2D eigenvalue weighted by molar-refractivity contribution is -0.274. The first-order chi connectivity index (χ1) is 21.6. The Hall–Kier alpha value is -4.40. The van der Waals surface area contributed by atoms with Gasteiger partial charge in [-0.05, 0) is 66.7 Å². The van der Waals surface area contributed by atoms with Crippen LogP contribution in [-0.4, -0.2) is 44.2 Å². The number of benzene rings is 3. The number of rotatable bonds is 7. The van der Waals surface area contributed by atoms with Crippen molar-refractivity contribution in [3.8, 4) is 22.8 Å². The van der Waals surface area contributed by atoms with E-state index in [9.17, 15) is 13.2 Å². The summed E-state index contributed by atoms with van der Waals surface area (Å²) in [7, 11) is 1.90. The number of nitrogens with one attached hydrogen (secondary N) is 2. The topological polar surface area (TPSA) is 88.8 Å². The standard InChI is InChI=1S/C31H28F3N7O2S2/c1-18-14-24-16-45-30(41(24)27-15-22(35-3)8-13-26(18)27)37-29(44)39-43-19(2)20-4-6-21(7-5-20)28-36-17-40(38-28)23-9-11-25(12-10-23)42-31(32,33)34/h4-15,17-19,35H,16H2,1-3H3,(H,39,44). The van der Waals surface area contributed by atoms with E-state index in [1.54, 1.807) is 11.8 Å². The van der Waals surface area contributed by atoms with Crippen LogP contribution >= 0.6 is 24.0 Å². The number of ether oxygens (including phenoxy) is 1. The summed E-state index contributed by atoms with van der Waals surface area (Å²) >= 11 is 7.14. The maximum absolute atomic E-state index is 12.4. The number of fused-ring (bicyclic) bond motifs is 3. The molecule has 2 atom stereocenters. The van der Waals surface area contributed by atoms with Gasteiger partial charge in [-0.2, -0.15) is 4.99 Å². The maximum Gasteiger partial charge on any atom is 0.573 e. The molecule has 3 heterocycles. The van der Waals surface area contributed by atoms with E-state index < -0.39 is 6.36 Å². The van der Waals surface area contributed by atoms with Gasteiger partial charge in [0.25, 0.3) is 0 Å². The Morgan fingerprint density at radius 1 is 1.11 bits per heavy atom. The maximum atomic E-state index is 12.4. The molecule has 2 aliphatic heterocycles. The van der Waals surface area contributed by atoms with E-state index in [1.165, 1.54) is 46.5 Å². The molecule has 45 heavy (non-hydrogen) atoms. The number of anilines is 2. The van der Waals surface area contributed by atoms with Crippen LogP contribution in [0.1, 0.15) is 37.0 Å². The Morgan fingerprint density at radius 2 is 1.87 bits per heavy atom. The first-order valence-electron chi connectivity index (χ1n) is 14.0. The molecule has 1 fully saturated rings. The quantitative estimate of drug-likeness (QED) is 0.157. The van der Waals surface area contributed by atoms with Gasteiger partial charge in [-0.1, -0.05) is 55.1 Å². The second kappa shape index (κ2) is 12.5. The predicted molar refractivity (Wildman–Crippen MR) is 174 cm³/mol. The van der Waals surface area contributed by atoms with E-state index in [-0.39, 0.29) is 17.0 Å². The minimum atomic E-state index is -4.75. The highest BCUT2D eigenvalue weighted by molar-refractivity contribution is 8.14. The summed E-state index contributed by atoms with van der Waals surface area (Å²) in [5.41, 5.74) is 9.55. The Balaban J connectivity index is 1.07. The molecule has 9 nitrogen and oxygen atoms in total. The number of hydroxylamine groups is 1. The number of halogens is 3. The number of hydrogen-bond acceptors (Lipinski definition) is 7. The third kappa shape index (κ3) is 6.82. The van der Waals surface area contributed by atoms with E-state index in [4.69, 9.17) is 17.1 Å². The second-order valence-corrected chi connectivity index (χ2v) is 11.7. The number of nitrogens with zero attached hydrogens (tertiary/aromatic N) is 5. The van der Waals surface area contributed by atoms with Gasteiger partial charge in [-0.25, -0.2) is 15.1 Å². The molecule has 0 saturated carbocycles. The van der Waals surface area contributed by atoms with E-state index in [1.807, 2.05) is 38.2 Å². The van der Waals surface area contributed by atoms with Crippen LogP contribution in [0, 0.1) is 0 Å². The molecule has 2 aliphatic rings. The fraction of sp³-hybridized carbons (Fsp3) is 0.226. The Kier molecular flexibility index (Phi) is 8.53. The van der Waals surface area contributed by atoms with E-state index >= 15 is 0 Å². The zero-order valence-electron chi connectivity index (χ0n) is 24.4. The Labute approximate surface area is 267 Å². The third-order valence-corrected chi connectivity index (χ3v) is 8.45. The van der Waals surface area contributed by atoms with Gasteiger partial charge in [0.1, 0.15) is 18.2 Å². The summed E-state index contributed by atoms with van der Waals surface area (Å²) in [6.07, 6.45) is -1.34. The first kappa shape index (κ1) is 30.6. The highest BCUT2D eigenvalue weighted by Gasteiger charge is 2.33. The van der Waals surface area contributed by atoms with Crippen molar-refractivity contribution >= 4 is 45.6 Å². The molecule has 14 heteroatoms. The van der Waals surface area contributed by atoms with Gasteiger partial charge < -0.3 is 10.1 Å². The van der Waals surface area contributed by atoms with Crippen LogP contribution in [-0.2, 0) is 4.84 Å². The van der Waals surface area contributed by atoms with Gasteiger partial charge in [0.05, 0.1) is 11.4 Å². The van der Waals surface area contributed by atoms with Gasteiger partial charge in [0.15, 0.2) is 11.0 Å². The molecule has 232 valence electrons. The Bertz CT molecular complexity index is 1770. The van der Waals surface area contributed by atoms with Crippen LogP contribution in [0.2, 0.25) is 0 Å².